The van der Waals surface area contributed by atoms with Gasteiger partial charge < -0.3 is 29.9 Å². The number of hydrogen-bond acceptors (Lipinski definition) is 8. The number of esters is 1. The van der Waals surface area contributed by atoms with E-state index in [-0.39, 0.29) is 5.90 Å². The summed E-state index contributed by atoms with van der Waals surface area (Å²) >= 11 is 0. The predicted octanol–water partition coefficient (Wildman–Crippen LogP) is -1.71. The summed E-state index contributed by atoms with van der Waals surface area (Å²) in [5.41, 5.74) is 1.55. The molecular formula is C14H15NO7. The largest absolute Gasteiger partial charge is 0.405 e. The average molecular weight is 309 g/mol. The summed E-state index contributed by atoms with van der Waals surface area (Å²) in [6, 6.07) is 7.18. The summed E-state index contributed by atoms with van der Waals surface area (Å²) in [6.07, 6.45) is -5.17. The molecule has 118 valence electrons. The summed E-state index contributed by atoms with van der Waals surface area (Å²) in [4.78, 5) is 16.2. The molecule has 2 heterocycles. The maximum absolute atomic E-state index is 12.1. The standard InChI is InChI=1S/C14H15NO7/c16-6-14(20)11(18)9(17)10(22-14)13(19)21-12-8-4-2-1-3-7(8)5-15-12/h1-4,9-11,16-18,20H,5-6H2/t9-,10?,11+,14-/m1/s1. The fraction of sp³-hybridized carbons (Fsp3) is 0.429. The number of carbonyl (C=O) groups excluding carboxylic acids is 1. The number of aliphatic hydroxyl groups is 4. The van der Waals surface area contributed by atoms with Crippen LogP contribution in [0.4, 0.5) is 0 Å². The van der Waals surface area contributed by atoms with Crippen molar-refractivity contribution >= 4 is 11.9 Å². The van der Waals surface area contributed by atoms with Gasteiger partial charge in [-0.15, -0.1) is 0 Å². The van der Waals surface area contributed by atoms with E-state index >= 15 is 0 Å². The number of hydrogen-bond donors (Lipinski definition) is 4. The monoisotopic (exact) mass is 309 g/mol. The maximum Gasteiger partial charge on any atom is 0.344 e. The second kappa shape index (κ2) is 5.41. The lowest BCUT2D eigenvalue weighted by Crippen LogP contribution is -2.46. The highest BCUT2D eigenvalue weighted by molar-refractivity contribution is 6.03. The number of nitrogens with zero attached hydrogens (tertiary/aromatic N) is 1. The molecule has 1 saturated heterocycles. The van der Waals surface area contributed by atoms with Crippen molar-refractivity contribution in [1.82, 2.24) is 0 Å². The van der Waals surface area contributed by atoms with E-state index in [0.29, 0.717) is 12.1 Å². The minimum absolute atomic E-state index is 0.0883. The molecule has 0 amide bonds. The molecule has 8 nitrogen and oxygen atoms in total. The second-order valence-corrected chi connectivity index (χ2v) is 5.18. The smallest absolute Gasteiger partial charge is 0.344 e. The first-order chi connectivity index (χ1) is 10.5. The number of fused-ring (bicyclic) bond motifs is 1. The van der Waals surface area contributed by atoms with Crippen LogP contribution in [-0.2, 0) is 20.8 Å². The zero-order chi connectivity index (χ0) is 15.9. The Kier molecular flexibility index (Phi) is 3.71. The molecule has 0 aliphatic carbocycles. The van der Waals surface area contributed by atoms with E-state index in [1.807, 2.05) is 12.1 Å². The number of rotatable bonds is 2. The van der Waals surface area contributed by atoms with Gasteiger partial charge in [0.2, 0.25) is 11.7 Å². The zero-order valence-corrected chi connectivity index (χ0v) is 11.4. The third-order valence-electron chi connectivity index (χ3n) is 3.72. The van der Waals surface area contributed by atoms with Crippen LogP contribution in [0.2, 0.25) is 0 Å². The highest BCUT2D eigenvalue weighted by atomic mass is 16.7. The van der Waals surface area contributed by atoms with Crippen molar-refractivity contribution in [1.29, 1.82) is 0 Å². The lowest BCUT2D eigenvalue weighted by atomic mass is 10.1. The van der Waals surface area contributed by atoms with E-state index in [1.54, 1.807) is 12.1 Å². The van der Waals surface area contributed by atoms with E-state index in [9.17, 15) is 20.1 Å². The molecule has 0 spiro atoms. The Morgan fingerprint density at radius 1 is 1.41 bits per heavy atom. The Hall–Kier alpha value is -1.84. The van der Waals surface area contributed by atoms with Crippen LogP contribution in [0.3, 0.4) is 0 Å². The predicted molar refractivity (Wildman–Crippen MR) is 71.7 cm³/mol. The van der Waals surface area contributed by atoms with Crippen LogP contribution in [0, 0.1) is 0 Å². The van der Waals surface area contributed by atoms with E-state index < -0.39 is 36.7 Å². The number of carbonyl (C=O) groups is 1. The lowest BCUT2D eigenvalue weighted by molar-refractivity contribution is -0.246. The zero-order valence-electron chi connectivity index (χ0n) is 11.4. The summed E-state index contributed by atoms with van der Waals surface area (Å²) in [5, 5.41) is 38.2. The molecule has 1 unspecified atom stereocenters. The Labute approximate surface area is 125 Å². The molecule has 2 aliphatic heterocycles. The third kappa shape index (κ3) is 2.31. The summed E-state index contributed by atoms with van der Waals surface area (Å²) in [5.74, 6) is -3.32. The molecule has 0 saturated carbocycles. The number of aliphatic imine (C=N–C) groups is 1. The van der Waals surface area contributed by atoms with Crippen LogP contribution in [0.1, 0.15) is 11.1 Å². The fourth-order valence-corrected chi connectivity index (χ4v) is 2.46. The van der Waals surface area contributed by atoms with Gasteiger partial charge in [0.05, 0.1) is 13.2 Å². The summed E-state index contributed by atoms with van der Waals surface area (Å²) in [7, 11) is 0. The van der Waals surface area contributed by atoms with Crippen LogP contribution in [-0.4, -0.2) is 63.0 Å². The quantitative estimate of drug-likeness (QED) is 0.479. The Morgan fingerprint density at radius 2 is 2.14 bits per heavy atom. The molecule has 0 bridgehead atoms. The van der Waals surface area contributed by atoms with Crippen molar-refractivity contribution in [3.8, 4) is 0 Å². The average Bonchev–Trinajstić information content (AvgIpc) is 3.03. The van der Waals surface area contributed by atoms with Crippen LogP contribution < -0.4 is 0 Å². The van der Waals surface area contributed by atoms with Gasteiger partial charge in [0.15, 0.2) is 6.10 Å². The molecule has 22 heavy (non-hydrogen) atoms. The van der Waals surface area contributed by atoms with E-state index in [1.165, 1.54) is 0 Å². The molecule has 1 fully saturated rings. The molecule has 2 aliphatic rings. The lowest BCUT2D eigenvalue weighted by Gasteiger charge is -2.22. The molecule has 1 aromatic rings. The van der Waals surface area contributed by atoms with E-state index in [4.69, 9.17) is 14.6 Å². The normalized spacial score (nSPS) is 33.5. The van der Waals surface area contributed by atoms with Gasteiger partial charge in [-0.1, -0.05) is 18.2 Å². The van der Waals surface area contributed by atoms with Crippen molar-refractivity contribution in [3.63, 3.8) is 0 Å². The maximum atomic E-state index is 12.1. The topological polar surface area (TPSA) is 129 Å². The van der Waals surface area contributed by atoms with Gasteiger partial charge in [0, 0.05) is 5.56 Å². The van der Waals surface area contributed by atoms with Crippen molar-refractivity contribution in [3.05, 3.63) is 35.4 Å². The molecule has 4 N–H and O–H groups in total. The SMILES string of the molecule is O=C(OC1=NCc2ccccc21)C1O[C@](O)(CO)[C@@H](O)[C@@H]1O. The highest BCUT2D eigenvalue weighted by Crippen LogP contribution is 2.30. The Bertz CT molecular complexity index is 631. The van der Waals surface area contributed by atoms with Gasteiger partial charge in [0.1, 0.15) is 12.2 Å². The molecule has 4 atom stereocenters. The molecule has 3 rings (SSSR count). The van der Waals surface area contributed by atoms with Crippen molar-refractivity contribution < 1.29 is 34.7 Å². The minimum atomic E-state index is -2.40. The van der Waals surface area contributed by atoms with Crippen LogP contribution in [0.15, 0.2) is 29.3 Å². The van der Waals surface area contributed by atoms with Gasteiger partial charge >= 0.3 is 5.97 Å². The molecular weight excluding hydrogens is 294 g/mol. The first kappa shape index (κ1) is 15.1. The van der Waals surface area contributed by atoms with Crippen molar-refractivity contribution in [2.24, 2.45) is 4.99 Å². The van der Waals surface area contributed by atoms with Gasteiger partial charge in [-0.3, -0.25) is 0 Å². The number of ether oxygens (including phenoxy) is 2. The Balaban J connectivity index is 1.74. The summed E-state index contributed by atoms with van der Waals surface area (Å²) in [6.45, 7) is -0.602. The van der Waals surface area contributed by atoms with E-state index in [0.717, 1.165) is 5.56 Å². The van der Waals surface area contributed by atoms with Crippen LogP contribution >= 0.6 is 0 Å². The van der Waals surface area contributed by atoms with Crippen molar-refractivity contribution in [2.75, 3.05) is 6.61 Å². The molecule has 1 aromatic carbocycles. The van der Waals surface area contributed by atoms with Gasteiger partial charge in [-0.05, 0) is 11.6 Å². The summed E-state index contributed by atoms with van der Waals surface area (Å²) < 4.78 is 9.96. The highest BCUT2D eigenvalue weighted by Gasteiger charge is 2.56. The third-order valence-corrected chi connectivity index (χ3v) is 3.72. The van der Waals surface area contributed by atoms with Gasteiger partial charge in [0.25, 0.3) is 0 Å². The van der Waals surface area contributed by atoms with Gasteiger partial charge in [-0.25, -0.2) is 9.79 Å². The van der Waals surface area contributed by atoms with Crippen molar-refractivity contribution in [2.45, 2.75) is 30.6 Å². The molecule has 0 radical (unpaired) electrons. The number of aliphatic hydroxyl groups excluding tert-OH is 3. The van der Waals surface area contributed by atoms with Crippen LogP contribution in [0.5, 0.6) is 0 Å². The van der Waals surface area contributed by atoms with Gasteiger partial charge in [-0.2, -0.15) is 0 Å². The Morgan fingerprint density at radius 3 is 2.82 bits per heavy atom. The van der Waals surface area contributed by atoms with E-state index in [2.05, 4.69) is 4.99 Å². The molecule has 8 heteroatoms. The first-order valence-electron chi connectivity index (χ1n) is 6.68. The second-order valence-electron chi connectivity index (χ2n) is 5.18. The number of benzene rings is 1. The minimum Gasteiger partial charge on any atom is -0.405 e. The molecule has 0 aromatic heterocycles. The fourth-order valence-electron chi connectivity index (χ4n) is 2.46. The van der Waals surface area contributed by atoms with Crippen LogP contribution in [0.25, 0.3) is 0 Å². The first-order valence-corrected chi connectivity index (χ1v) is 6.68.